The molecule has 16 heavy (non-hydrogen) atoms. The van der Waals surface area contributed by atoms with Gasteiger partial charge in [-0.1, -0.05) is 0 Å². The number of carbonyl (C=O) groups excluding carboxylic acids is 1. The van der Waals surface area contributed by atoms with Crippen LogP contribution in [0.2, 0.25) is 0 Å². The molecule has 0 aromatic heterocycles. The Bertz CT molecular complexity index is 455. The number of ether oxygens (including phenoxy) is 1. The van der Waals surface area contributed by atoms with Crippen LogP contribution in [0.15, 0.2) is 6.07 Å². The fraction of sp³-hybridized carbons (Fsp3) is 0.417. The summed E-state index contributed by atoms with van der Waals surface area (Å²) in [4.78, 5) is 11.6. The second-order valence-electron chi connectivity index (χ2n) is 4.29. The normalized spacial score (nSPS) is 19.4. The minimum Gasteiger partial charge on any atom is -0.488 e. The quantitative estimate of drug-likeness (QED) is 0.657. The molecule has 0 bridgehead atoms. The zero-order valence-corrected chi connectivity index (χ0v) is 9.76. The molecule has 3 N–H and O–H groups in total. The average molecular weight is 220 g/mol. The van der Waals surface area contributed by atoms with Gasteiger partial charge in [-0.25, -0.2) is 0 Å². The van der Waals surface area contributed by atoms with E-state index in [4.69, 9.17) is 10.5 Å². The highest BCUT2D eigenvalue weighted by Crippen LogP contribution is 2.37. The summed E-state index contributed by atoms with van der Waals surface area (Å²) in [5, 5.41) is 2.85. The highest BCUT2D eigenvalue weighted by atomic mass is 16.5. The molecule has 1 atom stereocenters. The lowest BCUT2D eigenvalue weighted by Gasteiger charge is -2.16. The molecule has 0 saturated carbocycles. The van der Waals surface area contributed by atoms with E-state index in [9.17, 15) is 4.79 Å². The SMILES string of the molecule is Cc1cc2c(c(C)c1N)NC(=O)CC(C)O2. The second-order valence-corrected chi connectivity index (χ2v) is 4.29. The van der Waals surface area contributed by atoms with Crippen molar-refractivity contribution in [1.82, 2.24) is 0 Å². The maximum Gasteiger partial charge on any atom is 0.228 e. The van der Waals surface area contributed by atoms with E-state index in [2.05, 4.69) is 5.32 Å². The molecule has 86 valence electrons. The van der Waals surface area contributed by atoms with Crippen molar-refractivity contribution in [3.05, 3.63) is 17.2 Å². The first-order valence-corrected chi connectivity index (χ1v) is 5.35. The van der Waals surface area contributed by atoms with Crippen LogP contribution in [-0.4, -0.2) is 12.0 Å². The molecule has 1 aliphatic heterocycles. The Kier molecular flexibility index (Phi) is 2.50. The summed E-state index contributed by atoms with van der Waals surface area (Å²) < 4.78 is 5.70. The largest absolute Gasteiger partial charge is 0.488 e. The van der Waals surface area contributed by atoms with Crippen LogP contribution in [-0.2, 0) is 4.79 Å². The number of hydrogen-bond acceptors (Lipinski definition) is 3. The minimum atomic E-state index is -0.108. The summed E-state index contributed by atoms with van der Waals surface area (Å²) in [5.74, 6) is 0.681. The fourth-order valence-corrected chi connectivity index (χ4v) is 1.92. The van der Waals surface area contributed by atoms with Crippen LogP contribution in [0.25, 0.3) is 0 Å². The van der Waals surface area contributed by atoms with Gasteiger partial charge < -0.3 is 15.8 Å². The summed E-state index contributed by atoms with van der Waals surface area (Å²) in [7, 11) is 0. The Labute approximate surface area is 94.8 Å². The van der Waals surface area contributed by atoms with Crippen molar-refractivity contribution in [2.45, 2.75) is 33.3 Å². The number of hydrogen-bond donors (Lipinski definition) is 2. The van der Waals surface area contributed by atoms with Crippen molar-refractivity contribution in [2.24, 2.45) is 0 Å². The lowest BCUT2D eigenvalue weighted by molar-refractivity contribution is -0.117. The van der Waals surface area contributed by atoms with E-state index in [0.29, 0.717) is 23.5 Å². The van der Waals surface area contributed by atoms with E-state index in [1.54, 1.807) is 0 Å². The lowest BCUT2D eigenvalue weighted by atomic mass is 10.1. The Morgan fingerprint density at radius 3 is 2.88 bits per heavy atom. The summed E-state index contributed by atoms with van der Waals surface area (Å²) in [6.07, 6.45) is 0.260. The summed E-state index contributed by atoms with van der Waals surface area (Å²) in [5.41, 5.74) is 9.19. The van der Waals surface area contributed by atoms with Gasteiger partial charge >= 0.3 is 0 Å². The van der Waals surface area contributed by atoms with E-state index >= 15 is 0 Å². The standard InChI is InChI=1S/C12H16N2O2/c1-6-4-9-12(8(3)11(6)13)14-10(15)5-7(2)16-9/h4,7H,5,13H2,1-3H3,(H,14,15). The summed E-state index contributed by atoms with van der Waals surface area (Å²) >= 11 is 0. The number of nitrogens with one attached hydrogen (secondary N) is 1. The number of anilines is 2. The van der Waals surface area contributed by atoms with Crippen LogP contribution in [0.4, 0.5) is 11.4 Å². The van der Waals surface area contributed by atoms with Crippen LogP contribution >= 0.6 is 0 Å². The third-order valence-corrected chi connectivity index (χ3v) is 2.86. The molecule has 0 aliphatic carbocycles. The fourth-order valence-electron chi connectivity index (χ4n) is 1.92. The lowest BCUT2D eigenvalue weighted by Crippen LogP contribution is -2.17. The number of rotatable bonds is 0. The van der Waals surface area contributed by atoms with E-state index < -0.39 is 0 Å². The zero-order valence-electron chi connectivity index (χ0n) is 9.76. The molecule has 4 heteroatoms. The van der Waals surface area contributed by atoms with Gasteiger partial charge in [0.05, 0.1) is 12.1 Å². The molecular formula is C12H16N2O2. The van der Waals surface area contributed by atoms with E-state index in [-0.39, 0.29) is 12.0 Å². The van der Waals surface area contributed by atoms with E-state index in [1.807, 2.05) is 26.8 Å². The predicted molar refractivity (Wildman–Crippen MR) is 63.7 cm³/mol. The molecule has 0 saturated heterocycles. The Hall–Kier alpha value is -1.71. The highest BCUT2D eigenvalue weighted by molar-refractivity contribution is 5.95. The van der Waals surface area contributed by atoms with Crippen LogP contribution in [0.5, 0.6) is 5.75 Å². The van der Waals surface area contributed by atoms with Gasteiger partial charge in [0.1, 0.15) is 11.9 Å². The molecule has 0 radical (unpaired) electrons. The summed E-state index contributed by atoms with van der Waals surface area (Å²) in [6.45, 7) is 5.71. The van der Waals surface area contributed by atoms with Crippen molar-refractivity contribution in [3.8, 4) is 5.75 Å². The first-order chi connectivity index (χ1) is 7.49. The number of nitrogens with two attached hydrogens (primary N) is 1. The van der Waals surface area contributed by atoms with Gasteiger partial charge in [0.15, 0.2) is 0 Å². The molecule has 1 heterocycles. The van der Waals surface area contributed by atoms with Crippen LogP contribution in [0.3, 0.4) is 0 Å². The van der Waals surface area contributed by atoms with Gasteiger partial charge in [0.2, 0.25) is 5.91 Å². The van der Waals surface area contributed by atoms with Crippen LogP contribution in [0.1, 0.15) is 24.5 Å². The average Bonchev–Trinajstić information content (AvgIpc) is 2.33. The maximum atomic E-state index is 11.6. The molecule has 1 amide bonds. The molecule has 0 fully saturated rings. The van der Waals surface area contributed by atoms with Gasteiger partial charge in [0, 0.05) is 5.69 Å². The Balaban J connectivity index is 2.57. The Morgan fingerprint density at radius 2 is 2.19 bits per heavy atom. The summed E-state index contributed by atoms with van der Waals surface area (Å²) in [6, 6.07) is 1.87. The molecule has 1 aliphatic rings. The highest BCUT2D eigenvalue weighted by Gasteiger charge is 2.22. The van der Waals surface area contributed by atoms with Crippen LogP contribution in [0, 0.1) is 13.8 Å². The van der Waals surface area contributed by atoms with Crippen molar-refractivity contribution in [2.75, 3.05) is 11.1 Å². The van der Waals surface area contributed by atoms with E-state index in [1.165, 1.54) is 0 Å². The zero-order chi connectivity index (χ0) is 11.9. The minimum absolute atomic E-state index is 0.0300. The number of benzene rings is 1. The third-order valence-electron chi connectivity index (χ3n) is 2.86. The molecule has 2 rings (SSSR count). The predicted octanol–water partition coefficient (Wildman–Crippen LogP) is 2.00. The number of fused-ring (bicyclic) bond motifs is 1. The first-order valence-electron chi connectivity index (χ1n) is 5.35. The smallest absolute Gasteiger partial charge is 0.228 e. The molecule has 1 aromatic rings. The van der Waals surface area contributed by atoms with Gasteiger partial charge in [0.25, 0.3) is 0 Å². The van der Waals surface area contributed by atoms with Crippen molar-refractivity contribution in [1.29, 1.82) is 0 Å². The number of amides is 1. The molecular weight excluding hydrogens is 204 g/mol. The molecule has 0 spiro atoms. The van der Waals surface area contributed by atoms with Crippen molar-refractivity contribution >= 4 is 17.3 Å². The van der Waals surface area contributed by atoms with Crippen molar-refractivity contribution < 1.29 is 9.53 Å². The van der Waals surface area contributed by atoms with Gasteiger partial charge in [-0.2, -0.15) is 0 Å². The monoisotopic (exact) mass is 220 g/mol. The number of aryl methyl sites for hydroxylation is 1. The Morgan fingerprint density at radius 1 is 1.50 bits per heavy atom. The molecule has 4 nitrogen and oxygen atoms in total. The van der Waals surface area contributed by atoms with Gasteiger partial charge in [-0.15, -0.1) is 0 Å². The topological polar surface area (TPSA) is 64.3 Å². The second kappa shape index (κ2) is 3.70. The first kappa shape index (κ1) is 10.8. The third kappa shape index (κ3) is 1.71. The molecule has 1 aromatic carbocycles. The van der Waals surface area contributed by atoms with E-state index in [0.717, 1.165) is 11.1 Å². The van der Waals surface area contributed by atoms with Gasteiger partial charge in [-0.05, 0) is 38.0 Å². The van der Waals surface area contributed by atoms with Crippen molar-refractivity contribution in [3.63, 3.8) is 0 Å². The maximum absolute atomic E-state index is 11.6. The van der Waals surface area contributed by atoms with Crippen LogP contribution < -0.4 is 15.8 Å². The van der Waals surface area contributed by atoms with Gasteiger partial charge in [-0.3, -0.25) is 4.79 Å². The number of carbonyl (C=O) groups is 1. The number of nitrogen functional groups attached to an aromatic ring is 1. The molecule has 1 unspecified atom stereocenters.